The van der Waals surface area contributed by atoms with Gasteiger partial charge in [-0.3, -0.25) is 14.9 Å². The highest BCUT2D eigenvalue weighted by atomic mass is 35.5. The number of aryl methyl sites for hydroxylation is 2. The second-order valence-electron chi connectivity index (χ2n) is 6.38. The lowest BCUT2D eigenvalue weighted by atomic mass is 10.1. The van der Waals surface area contributed by atoms with Crippen molar-refractivity contribution in [1.29, 1.82) is 0 Å². The first-order valence-corrected chi connectivity index (χ1v) is 10.8. The summed E-state index contributed by atoms with van der Waals surface area (Å²) in [4.78, 5) is 11.9. The number of rotatable bonds is 9. The molecule has 3 N–H and O–H groups in total. The number of benzene rings is 2. The van der Waals surface area contributed by atoms with E-state index in [2.05, 4.69) is 15.6 Å². The fourth-order valence-corrected chi connectivity index (χ4v) is 3.20. The van der Waals surface area contributed by atoms with Crippen molar-refractivity contribution in [2.75, 3.05) is 17.5 Å². The molecule has 2 aromatic rings. The van der Waals surface area contributed by atoms with Crippen LogP contribution in [0.15, 0.2) is 42.5 Å². The fraction of sp³-hybridized carbons (Fsp3) is 0.316. The number of sulfonamides is 1. The molecule has 0 aliphatic rings. The van der Waals surface area contributed by atoms with E-state index in [1.165, 1.54) is 0 Å². The molecule has 0 fully saturated rings. The monoisotopic (exact) mass is 409 g/mol. The summed E-state index contributed by atoms with van der Waals surface area (Å²) < 4.78 is 24.7. The number of amides is 1. The molecule has 2 rings (SSSR count). The zero-order chi connectivity index (χ0) is 19.9. The van der Waals surface area contributed by atoms with Crippen LogP contribution in [0, 0.1) is 6.92 Å². The highest BCUT2D eigenvalue weighted by Gasteiger charge is 2.04. The molecule has 0 spiro atoms. The maximum Gasteiger partial charge on any atom is 0.234 e. The molecule has 146 valence electrons. The molecular formula is C19H24ClN3O3S. The summed E-state index contributed by atoms with van der Waals surface area (Å²) in [5.41, 5.74) is 9.21. The molecule has 6 nitrogen and oxygen atoms in total. The van der Waals surface area contributed by atoms with Crippen LogP contribution in [-0.4, -0.2) is 27.1 Å². The molecule has 0 saturated heterocycles. The number of hydrogen-bond acceptors (Lipinski definition) is 4. The van der Waals surface area contributed by atoms with Gasteiger partial charge in [-0.2, -0.15) is 0 Å². The van der Waals surface area contributed by atoms with E-state index in [1.807, 2.05) is 25.1 Å². The van der Waals surface area contributed by atoms with Gasteiger partial charge >= 0.3 is 0 Å². The van der Waals surface area contributed by atoms with E-state index in [-0.39, 0.29) is 5.91 Å². The van der Waals surface area contributed by atoms with Crippen LogP contribution in [0.3, 0.4) is 0 Å². The van der Waals surface area contributed by atoms with E-state index in [0.717, 1.165) is 34.4 Å². The van der Waals surface area contributed by atoms with Gasteiger partial charge in [-0.05, 0) is 54.7 Å². The smallest absolute Gasteiger partial charge is 0.234 e. The Kier molecular flexibility index (Phi) is 7.65. The first-order valence-electron chi connectivity index (χ1n) is 8.56. The third kappa shape index (κ3) is 7.99. The molecule has 8 heteroatoms. The third-order valence-electron chi connectivity index (χ3n) is 3.90. The second-order valence-corrected chi connectivity index (χ2v) is 8.54. The minimum atomic E-state index is -3.28. The van der Waals surface area contributed by atoms with E-state index in [0.29, 0.717) is 25.1 Å². The van der Waals surface area contributed by atoms with Crippen LogP contribution in [0.4, 0.5) is 5.69 Å². The van der Waals surface area contributed by atoms with Gasteiger partial charge in [0.2, 0.25) is 15.9 Å². The zero-order valence-corrected chi connectivity index (χ0v) is 17.0. The Labute approximate surface area is 165 Å². The summed E-state index contributed by atoms with van der Waals surface area (Å²) in [6.07, 6.45) is 2.77. The first kappa shape index (κ1) is 21.2. The Hall–Kier alpha value is -2.09. The van der Waals surface area contributed by atoms with Crippen LogP contribution in [-0.2, 0) is 27.7 Å². The van der Waals surface area contributed by atoms with Crippen molar-refractivity contribution in [3.63, 3.8) is 0 Å². The van der Waals surface area contributed by atoms with E-state index in [1.54, 1.807) is 24.3 Å². The lowest BCUT2D eigenvalue weighted by molar-refractivity contribution is -0.122. The molecular weight excluding hydrogens is 386 g/mol. The van der Waals surface area contributed by atoms with Gasteiger partial charge in [-0.1, -0.05) is 35.9 Å². The lowest BCUT2D eigenvalue weighted by Crippen LogP contribution is -2.38. The minimum absolute atomic E-state index is 0.102. The number of carbonyl (C=O) groups is 1. The van der Waals surface area contributed by atoms with Crippen molar-refractivity contribution in [1.82, 2.24) is 10.9 Å². The van der Waals surface area contributed by atoms with Crippen LogP contribution >= 0.6 is 11.6 Å². The molecule has 0 aliphatic carbocycles. The average Bonchev–Trinajstić information content (AvgIpc) is 2.60. The van der Waals surface area contributed by atoms with Gasteiger partial charge in [0.1, 0.15) is 0 Å². The molecule has 0 heterocycles. The molecule has 0 saturated carbocycles. The maximum atomic E-state index is 11.9. The Morgan fingerprint density at radius 3 is 2.33 bits per heavy atom. The number of nitrogens with one attached hydrogen (secondary N) is 3. The van der Waals surface area contributed by atoms with Gasteiger partial charge in [0.25, 0.3) is 0 Å². The molecule has 0 aromatic heterocycles. The van der Waals surface area contributed by atoms with Gasteiger partial charge in [-0.15, -0.1) is 0 Å². The summed E-state index contributed by atoms with van der Waals surface area (Å²) in [5.74, 6) is -0.102. The zero-order valence-electron chi connectivity index (χ0n) is 15.4. The van der Waals surface area contributed by atoms with Crippen molar-refractivity contribution < 1.29 is 13.2 Å². The van der Waals surface area contributed by atoms with Crippen LogP contribution in [0.2, 0.25) is 5.02 Å². The molecule has 2 aromatic carbocycles. The fourth-order valence-electron chi connectivity index (χ4n) is 2.43. The van der Waals surface area contributed by atoms with Crippen LogP contribution in [0.25, 0.3) is 0 Å². The van der Waals surface area contributed by atoms with Crippen LogP contribution in [0.5, 0.6) is 0 Å². The number of hydrogen-bond donors (Lipinski definition) is 3. The number of carbonyl (C=O) groups excluding carboxylic acids is 1. The van der Waals surface area contributed by atoms with Crippen molar-refractivity contribution in [3.8, 4) is 0 Å². The first-order chi connectivity index (χ1) is 12.7. The quantitative estimate of drug-likeness (QED) is 0.439. The van der Waals surface area contributed by atoms with Gasteiger partial charge in [0.05, 0.1) is 6.26 Å². The van der Waals surface area contributed by atoms with E-state index in [4.69, 9.17) is 11.6 Å². The van der Waals surface area contributed by atoms with E-state index < -0.39 is 10.0 Å². The van der Waals surface area contributed by atoms with Gasteiger partial charge in [-0.25, -0.2) is 13.8 Å². The molecule has 0 atom stereocenters. The highest BCUT2D eigenvalue weighted by Crippen LogP contribution is 2.16. The standard InChI is InChI=1S/C19H24ClN3O3S/c1-14-3-4-16(13-18(14)20)11-12-21-22-19(24)10-7-15-5-8-17(9-6-15)23-27(2,25)26/h3-6,8-9,13,21,23H,7,10-12H2,1-2H3,(H,22,24). The van der Waals surface area contributed by atoms with Crippen molar-refractivity contribution in [2.24, 2.45) is 0 Å². The highest BCUT2D eigenvalue weighted by molar-refractivity contribution is 7.92. The Bertz CT molecular complexity index is 884. The van der Waals surface area contributed by atoms with Crippen molar-refractivity contribution >= 4 is 33.2 Å². The summed E-state index contributed by atoms with van der Waals surface area (Å²) in [6, 6.07) is 12.9. The topological polar surface area (TPSA) is 87.3 Å². The summed E-state index contributed by atoms with van der Waals surface area (Å²) in [6.45, 7) is 2.57. The Balaban J connectivity index is 1.67. The Morgan fingerprint density at radius 1 is 1.04 bits per heavy atom. The molecule has 27 heavy (non-hydrogen) atoms. The number of anilines is 1. The lowest BCUT2D eigenvalue weighted by Gasteiger charge is -2.09. The van der Waals surface area contributed by atoms with Gasteiger partial charge in [0, 0.05) is 23.7 Å². The second kappa shape index (κ2) is 9.73. The molecule has 0 aliphatic heterocycles. The molecule has 0 unspecified atom stereocenters. The summed E-state index contributed by atoms with van der Waals surface area (Å²) in [7, 11) is -3.28. The third-order valence-corrected chi connectivity index (χ3v) is 4.91. The molecule has 0 radical (unpaired) electrons. The molecule has 1 amide bonds. The van der Waals surface area contributed by atoms with E-state index >= 15 is 0 Å². The van der Waals surface area contributed by atoms with Gasteiger partial charge < -0.3 is 0 Å². The van der Waals surface area contributed by atoms with Crippen LogP contribution in [0.1, 0.15) is 23.1 Å². The predicted octanol–water partition coefficient (Wildman–Crippen LogP) is 2.82. The van der Waals surface area contributed by atoms with Crippen LogP contribution < -0.4 is 15.6 Å². The normalized spacial score (nSPS) is 11.2. The van der Waals surface area contributed by atoms with Crippen molar-refractivity contribution in [3.05, 3.63) is 64.2 Å². The number of hydrazine groups is 1. The summed E-state index contributed by atoms with van der Waals surface area (Å²) in [5, 5.41) is 0.745. The average molecular weight is 410 g/mol. The summed E-state index contributed by atoms with van der Waals surface area (Å²) >= 11 is 6.09. The van der Waals surface area contributed by atoms with Gasteiger partial charge in [0.15, 0.2) is 0 Å². The largest absolute Gasteiger partial charge is 0.292 e. The van der Waals surface area contributed by atoms with E-state index in [9.17, 15) is 13.2 Å². The van der Waals surface area contributed by atoms with Crippen molar-refractivity contribution in [2.45, 2.75) is 26.2 Å². The maximum absolute atomic E-state index is 11.9. The SMILES string of the molecule is Cc1ccc(CCNNC(=O)CCc2ccc(NS(C)(=O)=O)cc2)cc1Cl. The Morgan fingerprint density at radius 2 is 1.70 bits per heavy atom. The minimum Gasteiger partial charge on any atom is -0.292 e. The number of halogens is 1. The predicted molar refractivity (Wildman–Crippen MR) is 109 cm³/mol. The molecule has 0 bridgehead atoms.